The predicted octanol–water partition coefficient (Wildman–Crippen LogP) is 4.31. The fourth-order valence-corrected chi connectivity index (χ4v) is 3.10. The molecule has 1 fully saturated rings. The molecule has 6 nitrogen and oxygen atoms in total. The Morgan fingerprint density at radius 3 is 2.26 bits per heavy atom. The second kappa shape index (κ2) is 9.37. The van der Waals surface area contributed by atoms with Crippen molar-refractivity contribution < 1.29 is 23.8 Å². The van der Waals surface area contributed by atoms with Gasteiger partial charge in [0.25, 0.3) is 5.91 Å². The smallest absolute Gasteiger partial charge is 0.361 e. The lowest BCUT2D eigenvalue weighted by Crippen LogP contribution is -2.48. The number of anilines is 1. The zero-order valence-electron chi connectivity index (χ0n) is 18.4. The molecule has 1 aliphatic heterocycles. The van der Waals surface area contributed by atoms with E-state index in [2.05, 4.69) is 4.90 Å². The van der Waals surface area contributed by atoms with Crippen molar-refractivity contribution in [2.45, 2.75) is 27.7 Å². The van der Waals surface area contributed by atoms with Crippen molar-refractivity contribution in [2.75, 3.05) is 31.1 Å². The minimum Gasteiger partial charge on any atom is -0.368 e. The lowest BCUT2D eigenvalue weighted by Gasteiger charge is -2.36. The summed E-state index contributed by atoms with van der Waals surface area (Å²) in [6.07, 6.45) is 0. The van der Waals surface area contributed by atoms with Gasteiger partial charge in [-0.1, -0.05) is 19.9 Å². The molecule has 1 heterocycles. The third kappa shape index (κ3) is 5.34. The van der Waals surface area contributed by atoms with Crippen molar-refractivity contribution in [3.05, 3.63) is 59.9 Å². The number of carbonyl (C=O) groups is 2. The Labute approximate surface area is 182 Å². The first-order chi connectivity index (χ1) is 14.7. The average molecular weight is 429 g/mol. The molecule has 166 valence electrons. The normalized spacial score (nSPS) is 14.5. The van der Waals surface area contributed by atoms with E-state index in [0.717, 1.165) is 5.69 Å². The van der Waals surface area contributed by atoms with Crippen molar-refractivity contribution >= 4 is 17.6 Å². The van der Waals surface area contributed by atoms with Crippen LogP contribution in [0, 0.1) is 17.2 Å². The van der Waals surface area contributed by atoms with Crippen molar-refractivity contribution in [1.29, 1.82) is 0 Å². The number of hydrogen-bond donors (Lipinski definition) is 0. The van der Waals surface area contributed by atoms with E-state index >= 15 is 0 Å². The largest absolute Gasteiger partial charge is 0.368 e. The Hall–Kier alpha value is -3.09. The summed E-state index contributed by atoms with van der Waals surface area (Å²) in [5.74, 6) is -0.321. The fourth-order valence-electron chi connectivity index (χ4n) is 3.10. The first-order valence-corrected chi connectivity index (χ1v) is 10.5. The topological polar surface area (TPSA) is 59.1 Å². The highest BCUT2D eigenvalue weighted by Gasteiger charge is 2.34. The van der Waals surface area contributed by atoms with Crippen molar-refractivity contribution in [1.82, 2.24) is 4.90 Å². The van der Waals surface area contributed by atoms with Gasteiger partial charge in [-0.05, 0) is 56.2 Å². The minimum absolute atomic E-state index is 0.101. The number of amides is 1. The molecule has 0 unspecified atom stereocenters. The van der Waals surface area contributed by atoms with Crippen LogP contribution in [0.25, 0.3) is 0 Å². The third-order valence-electron chi connectivity index (χ3n) is 6.02. The first-order valence-electron chi connectivity index (χ1n) is 10.5. The molecular formula is C24H29FN2O4. The van der Waals surface area contributed by atoms with Crippen molar-refractivity contribution in [3.8, 4) is 5.75 Å². The maximum Gasteiger partial charge on any atom is 0.361 e. The summed E-state index contributed by atoms with van der Waals surface area (Å²) in [7, 11) is 0. The molecule has 1 aliphatic rings. The van der Waals surface area contributed by atoms with Gasteiger partial charge in [0, 0.05) is 43.5 Å². The van der Waals surface area contributed by atoms with Crippen LogP contribution in [-0.2, 0) is 9.68 Å². The van der Waals surface area contributed by atoms with E-state index in [9.17, 15) is 14.0 Å². The van der Waals surface area contributed by atoms with Gasteiger partial charge < -0.3 is 9.80 Å². The number of hydrogen-bond acceptors (Lipinski definition) is 5. The van der Waals surface area contributed by atoms with Crippen LogP contribution in [0.4, 0.5) is 10.1 Å². The lowest BCUT2D eigenvalue weighted by atomic mass is 9.81. The van der Waals surface area contributed by atoms with Gasteiger partial charge in [-0.25, -0.2) is 14.1 Å². The van der Waals surface area contributed by atoms with Crippen LogP contribution in [0.1, 0.15) is 38.1 Å². The zero-order valence-corrected chi connectivity index (χ0v) is 18.4. The quantitative estimate of drug-likeness (QED) is 0.507. The van der Waals surface area contributed by atoms with E-state index in [1.165, 1.54) is 24.3 Å². The van der Waals surface area contributed by atoms with E-state index in [1.807, 2.05) is 45.9 Å². The highest BCUT2D eigenvalue weighted by molar-refractivity contribution is 5.94. The van der Waals surface area contributed by atoms with Gasteiger partial charge in [0.15, 0.2) is 5.75 Å². The molecule has 1 saturated heterocycles. The number of nitrogens with zero attached hydrogens (tertiary/aromatic N) is 2. The molecule has 0 spiro atoms. The molecule has 3 rings (SSSR count). The van der Waals surface area contributed by atoms with Gasteiger partial charge in [-0.15, -0.1) is 0 Å². The van der Waals surface area contributed by atoms with Crippen molar-refractivity contribution in [2.24, 2.45) is 11.3 Å². The Balaban J connectivity index is 1.57. The van der Waals surface area contributed by atoms with E-state index in [0.29, 0.717) is 37.5 Å². The second-order valence-corrected chi connectivity index (χ2v) is 8.61. The maximum atomic E-state index is 13.1. The highest BCUT2D eigenvalue weighted by atomic mass is 19.1. The fraction of sp³-hybridized carbons (Fsp3) is 0.417. The monoisotopic (exact) mass is 428 g/mol. The number of piperazine rings is 1. The van der Waals surface area contributed by atoms with Crippen LogP contribution in [-0.4, -0.2) is 43.0 Å². The molecule has 0 N–H and O–H groups in total. The second-order valence-electron chi connectivity index (χ2n) is 8.61. The number of carbonyl (C=O) groups excluding carboxylic acids is 2. The third-order valence-corrected chi connectivity index (χ3v) is 6.02. The predicted molar refractivity (Wildman–Crippen MR) is 116 cm³/mol. The molecule has 0 radical (unpaired) electrons. The molecule has 2 aromatic rings. The average Bonchev–Trinajstić information content (AvgIpc) is 2.77. The van der Waals surface area contributed by atoms with Crippen LogP contribution in [0.15, 0.2) is 48.5 Å². The highest BCUT2D eigenvalue weighted by Crippen LogP contribution is 2.29. The van der Waals surface area contributed by atoms with Crippen LogP contribution in [0.3, 0.4) is 0 Å². The molecule has 0 saturated carbocycles. The SMILES string of the molecule is CC(C)C(C)(C)C(=O)OOc1cccc(N2CCN(C(=O)c3ccc(F)cc3)CC2)c1. The standard InChI is InChI=1S/C24H29FN2O4/c1-17(2)24(3,4)23(29)31-30-21-7-5-6-20(16-21)26-12-14-27(15-13-26)22(28)18-8-10-19(25)11-9-18/h5-11,16-17H,12-15H2,1-4H3. The van der Waals surface area contributed by atoms with Crippen LogP contribution in [0.5, 0.6) is 5.75 Å². The molecule has 0 aliphatic carbocycles. The molecule has 0 aromatic heterocycles. The summed E-state index contributed by atoms with van der Waals surface area (Å²) in [5, 5.41) is 0. The summed E-state index contributed by atoms with van der Waals surface area (Å²) in [6, 6.07) is 12.9. The molecule has 2 aromatic carbocycles. The molecule has 7 heteroatoms. The molecule has 1 amide bonds. The summed E-state index contributed by atoms with van der Waals surface area (Å²) in [5.41, 5.74) is 0.757. The van der Waals surface area contributed by atoms with Gasteiger partial charge in [-0.2, -0.15) is 0 Å². The van der Waals surface area contributed by atoms with Crippen LogP contribution >= 0.6 is 0 Å². The Morgan fingerprint density at radius 2 is 1.65 bits per heavy atom. The van der Waals surface area contributed by atoms with Crippen LogP contribution in [0.2, 0.25) is 0 Å². The zero-order chi connectivity index (χ0) is 22.6. The summed E-state index contributed by atoms with van der Waals surface area (Å²) >= 11 is 0. The molecule has 0 bridgehead atoms. The Morgan fingerprint density at radius 1 is 1.00 bits per heavy atom. The molecule has 31 heavy (non-hydrogen) atoms. The van der Waals surface area contributed by atoms with Crippen molar-refractivity contribution in [3.63, 3.8) is 0 Å². The van der Waals surface area contributed by atoms with Gasteiger partial charge in [0.2, 0.25) is 0 Å². The molecule has 0 atom stereocenters. The number of halogens is 1. The number of rotatable bonds is 6. The number of benzene rings is 2. The first kappa shape index (κ1) is 22.6. The van der Waals surface area contributed by atoms with Gasteiger partial charge >= 0.3 is 5.97 Å². The van der Waals surface area contributed by atoms with E-state index in [1.54, 1.807) is 11.0 Å². The Kier molecular flexibility index (Phi) is 6.83. The lowest BCUT2D eigenvalue weighted by molar-refractivity contribution is -0.226. The summed E-state index contributed by atoms with van der Waals surface area (Å²) < 4.78 is 13.1. The van der Waals surface area contributed by atoms with E-state index in [-0.39, 0.29) is 17.6 Å². The van der Waals surface area contributed by atoms with Crippen LogP contribution < -0.4 is 9.79 Å². The molecular weight excluding hydrogens is 399 g/mol. The summed E-state index contributed by atoms with van der Waals surface area (Å²) in [4.78, 5) is 39.1. The van der Waals surface area contributed by atoms with Gasteiger partial charge in [-0.3, -0.25) is 9.68 Å². The summed E-state index contributed by atoms with van der Waals surface area (Å²) in [6.45, 7) is 9.98. The van der Waals surface area contributed by atoms with E-state index in [4.69, 9.17) is 9.78 Å². The van der Waals surface area contributed by atoms with Gasteiger partial charge in [0.05, 0.1) is 5.41 Å². The maximum absolute atomic E-state index is 13.1. The Bertz CT molecular complexity index is 919. The minimum atomic E-state index is -0.648. The van der Waals surface area contributed by atoms with Gasteiger partial charge in [0.1, 0.15) is 5.82 Å². The van der Waals surface area contributed by atoms with E-state index < -0.39 is 11.4 Å².